The molecule has 0 atom stereocenters. The van der Waals surface area contributed by atoms with Crippen LogP contribution in [0.5, 0.6) is 0 Å². The fourth-order valence-corrected chi connectivity index (χ4v) is 2.28. The lowest BCUT2D eigenvalue weighted by atomic mass is 10.0. The van der Waals surface area contributed by atoms with Crippen molar-refractivity contribution in [1.82, 2.24) is 15.2 Å². The molecule has 0 fully saturated rings. The Labute approximate surface area is 106 Å². The summed E-state index contributed by atoms with van der Waals surface area (Å²) in [4.78, 5) is 4.34. The van der Waals surface area contributed by atoms with Gasteiger partial charge in [0, 0.05) is 17.1 Å². The van der Waals surface area contributed by atoms with Gasteiger partial charge in [0.1, 0.15) is 0 Å². The van der Waals surface area contributed by atoms with Gasteiger partial charge < -0.3 is 0 Å². The fraction of sp³-hybridized carbons (Fsp3) is 0.200. The summed E-state index contributed by atoms with van der Waals surface area (Å²) in [7, 11) is 0. The SMILES string of the molecule is CCc1ccccc1-c1[nH]nc2ncc(C)cc12. The van der Waals surface area contributed by atoms with Crippen molar-refractivity contribution in [2.75, 3.05) is 0 Å². The first-order valence-electron chi connectivity index (χ1n) is 6.18. The third kappa shape index (κ3) is 1.68. The molecule has 2 heterocycles. The van der Waals surface area contributed by atoms with Gasteiger partial charge in [-0.2, -0.15) is 5.10 Å². The Morgan fingerprint density at radius 3 is 2.89 bits per heavy atom. The Balaban J connectivity index is 2.28. The van der Waals surface area contributed by atoms with E-state index < -0.39 is 0 Å². The minimum absolute atomic E-state index is 0.779. The van der Waals surface area contributed by atoms with Crippen LogP contribution in [0, 0.1) is 6.92 Å². The van der Waals surface area contributed by atoms with Gasteiger partial charge in [0.2, 0.25) is 0 Å². The number of benzene rings is 1. The number of nitrogens with one attached hydrogen (secondary N) is 1. The van der Waals surface area contributed by atoms with E-state index in [1.807, 2.05) is 6.20 Å². The van der Waals surface area contributed by atoms with Crippen molar-refractivity contribution in [3.05, 3.63) is 47.7 Å². The minimum atomic E-state index is 0.779. The first kappa shape index (κ1) is 11.0. The van der Waals surface area contributed by atoms with E-state index in [-0.39, 0.29) is 0 Å². The van der Waals surface area contributed by atoms with Crippen LogP contribution in [0.25, 0.3) is 22.3 Å². The van der Waals surface area contributed by atoms with Crippen LogP contribution in [-0.4, -0.2) is 15.2 Å². The van der Waals surface area contributed by atoms with Crippen LogP contribution in [-0.2, 0) is 6.42 Å². The lowest BCUT2D eigenvalue weighted by molar-refractivity contribution is 1.09. The van der Waals surface area contributed by atoms with Gasteiger partial charge in [-0.15, -0.1) is 0 Å². The van der Waals surface area contributed by atoms with Gasteiger partial charge in [-0.05, 0) is 30.5 Å². The van der Waals surface area contributed by atoms with Crippen LogP contribution in [0.3, 0.4) is 0 Å². The maximum atomic E-state index is 4.34. The maximum absolute atomic E-state index is 4.34. The molecule has 3 rings (SSSR count). The number of H-pyrrole nitrogens is 1. The summed E-state index contributed by atoms with van der Waals surface area (Å²) < 4.78 is 0. The Bertz CT molecular complexity index is 698. The maximum Gasteiger partial charge on any atom is 0.181 e. The standard InChI is InChI=1S/C15H15N3/c1-3-11-6-4-5-7-12(11)14-13-8-10(2)9-16-15(13)18-17-14/h4-9H,3H2,1-2H3,(H,16,17,18). The van der Waals surface area contributed by atoms with Gasteiger partial charge >= 0.3 is 0 Å². The second-order valence-electron chi connectivity index (χ2n) is 4.49. The van der Waals surface area contributed by atoms with Crippen molar-refractivity contribution in [1.29, 1.82) is 0 Å². The zero-order valence-corrected chi connectivity index (χ0v) is 10.6. The van der Waals surface area contributed by atoms with Crippen molar-refractivity contribution >= 4 is 11.0 Å². The Morgan fingerprint density at radius 2 is 2.06 bits per heavy atom. The summed E-state index contributed by atoms with van der Waals surface area (Å²) in [5, 5.41) is 8.49. The monoisotopic (exact) mass is 237 g/mol. The predicted octanol–water partition coefficient (Wildman–Crippen LogP) is 3.50. The summed E-state index contributed by atoms with van der Waals surface area (Å²) in [5.74, 6) is 0. The molecule has 0 aliphatic heterocycles. The molecule has 3 aromatic rings. The first-order chi connectivity index (χ1) is 8.79. The lowest BCUT2D eigenvalue weighted by Crippen LogP contribution is -1.88. The Hall–Kier alpha value is -2.16. The quantitative estimate of drug-likeness (QED) is 0.741. The molecular formula is C15H15N3. The highest BCUT2D eigenvalue weighted by Crippen LogP contribution is 2.28. The third-order valence-electron chi connectivity index (χ3n) is 3.21. The van der Waals surface area contributed by atoms with Crippen LogP contribution in [0.1, 0.15) is 18.1 Å². The zero-order valence-electron chi connectivity index (χ0n) is 10.6. The number of pyridine rings is 1. The molecule has 90 valence electrons. The molecule has 3 heteroatoms. The van der Waals surface area contributed by atoms with Crippen molar-refractivity contribution < 1.29 is 0 Å². The number of aromatic nitrogens is 3. The summed E-state index contributed by atoms with van der Waals surface area (Å²) in [6, 6.07) is 10.6. The summed E-state index contributed by atoms with van der Waals surface area (Å²) >= 11 is 0. The predicted molar refractivity (Wildman–Crippen MR) is 73.4 cm³/mol. The Morgan fingerprint density at radius 1 is 1.22 bits per heavy atom. The molecule has 18 heavy (non-hydrogen) atoms. The lowest BCUT2D eigenvalue weighted by Gasteiger charge is -2.05. The Kier molecular flexibility index (Phi) is 2.59. The minimum Gasteiger partial charge on any atom is -0.275 e. The number of nitrogens with zero attached hydrogens (tertiary/aromatic N) is 2. The van der Waals surface area contributed by atoms with Gasteiger partial charge in [-0.3, -0.25) is 5.10 Å². The average Bonchev–Trinajstić information content (AvgIpc) is 2.81. The number of aromatic amines is 1. The summed E-state index contributed by atoms with van der Waals surface area (Å²) in [6.07, 6.45) is 2.86. The molecule has 1 aromatic carbocycles. The summed E-state index contributed by atoms with van der Waals surface area (Å²) in [5.41, 5.74) is 5.54. The molecule has 0 saturated carbocycles. The van der Waals surface area contributed by atoms with E-state index >= 15 is 0 Å². The third-order valence-corrected chi connectivity index (χ3v) is 3.21. The number of aryl methyl sites for hydroxylation is 2. The molecule has 3 nitrogen and oxygen atoms in total. The largest absolute Gasteiger partial charge is 0.275 e. The molecule has 0 aliphatic carbocycles. The van der Waals surface area contributed by atoms with Crippen molar-refractivity contribution in [2.24, 2.45) is 0 Å². The topological polar surface area (TPSA) is 41.6 Å². The molecule has 0 radical (unpaired) electrons. The highest BCUT2D eigenvalue weighted by atomic mass is 15.1. The van der Waals surface area contributed by atoms with E-state index in [0.29, 0.717) is 0 Å². The zero-order chi connectivity index (χ0) is 12.5. The van der Waals surface area contributed by atoms with Crippen LogP contribution < -0.4 is 0 Å². The smallest absolute Gasteiger partial charge is 0.181 e. The van der Waals surface area contributed by atoms with Crippen LogP contribution in [0.15, 0.2) is 36.5 Å². The van der Waals surface area contributed by atoms with E-state index in [1.54, 1.807) is 0 Å². The normalized spacial score (nSPS) is 11.0. The highest BCUT2D eigenvalue weighted by Gasteiger charge is 2.11. The number of hydrogen-bond acceptors (Lipinski definition) is 2. The fourth-order valence-electron chi connectivity index (χ4n) is 2.28. The molecule has 0 saturated heterocycles. The van der Waals surface area contributed by atoms with Gasteiger partial charge in [-0.1, -0.05) is 31.2 Å². The van der Waals surface area contributed by atoms with Crippen LogP contribution in [0.4, 0.5) is 0 Å². The molecule has 0 aliphatic rings. The average molecular weight is 237 g/mol. The molecular weight excluding hydrogens is 222 g/mol. The number of rotatable bonds is 2. The van der Waals surface area contributed by atoms with Gasteiger partial charge in [0.25, 0.3) is 0 Å². The van der Waals surface area contributed by atoms with Crippen LogP contribution in [0.2, 0.25) is 0 Å². The molecule has 1 N–H and O–H groups in total. The molecule has 0 amide bonds. The second-order valence-corrected chi connectivity index (χ2v) is 4.49. The molecule has 0 unspecified atom stereocenters. The highest BCUT2D eigenvalue weighted by molar-refractivity contribution is 5.91. The van der Waals surface area contributed by atoms with E-state index in [4.69, 9.17) is 0 Å². The van der Waals surface area contributed by atoms with Crippen LogP contribution >= 0.6 is 0 Å². The van der Waals surface area contributed by atoms with Crippen molar-refractivity contribution in [3.63, 3.8) is 0 Å². The first-order valence-corrected chi connectivity index (χ1v) is 6.18. The van der Waals surface area contributed by atoms with Crippen molar-refractivity contribution in [3.8, 4) is 11.3 Å². The van der Waals surface area contributed by atoms with E-state index in [1.165, 1.54) is 11.1 Å². The van der Waals surface area contributed by atoms with Gasteiger partial charge in [0.05, 0.1) is 5.69 Å². The van der Waals surface area contributed by atoms with Gasteiger partial charge in [-0.25, -0.2) is 4.98 Å². The number of hydrogen-bond donors (Lipinski definition) is 1. The summed E-state index contributed by atoms with van der Waals surface area (Å²) in [6.45, 7) is 4.22. The molecule has 0 bridgehead atoms. The second kappa shape index (κ2) is 4.26. The van der Waals surface area contributed by atoms with E-state index in [2.05, 4.69) is 59.4 Å². The number of fused-ring (bicyclic) bond motifs is 1. The van der Waals surface area contributed by atoms with E-state index in [9.17, 15) is 0 Å². The van der Waals surface area contributed by atoms with E-state index in [0.717, 1.165) is 28.7 Å². The van der Waals surface area contributed by atoms with Crippen molar-refractivity contribution in [2.45, 2.75) is 20.3 Å². The molecule has 2 aromatic heterocycles. The van der Waals surface area contributed by atoms with Gasteiger partial charge in [0.15, 0.2) is 5.65 Å². The molecule has 0 spiro atoms.